The summed E-state index contributed by atoms with van der Waals surface area (Å²) in [5.41, 5.74) is 0. The molecule has 1 saturated heterocycles. The molecule has 0 atom stereocenters. The van der Waals surface area contributed by atoms with Gasteiger partial charge in [0.05, 0.1) is 0 Å². The highest BCUT2D eigenvalue weighted by molar-refractivity contribution is 6.18. The minimum atomic E-state index is 0.722. The highest BCUT2D eigenvalue weighted by Gasteiger charge is 2.14. The van der Waals surface area contributed by atoms with E-state index in [1.54, 1.807) is 0 Å². The molecule has 0 aromatic rings. The lowest BCUT2D eigenvalue weighted by molar-refractivity contribution is 0.529. The van der Waals surface area contributed by atoms with Crippen LogP contribution in [0.25, 0.3) is 0 Å². The fourth-order valence-electron chi connectivity index (χ4n) is 0.723. The van der Waals surface area contributed by atoms with Gasteiger partial charge in [-0.3, -0.25) is 4.90 Å². The molecule has 1 N–H and O–H groups in total. The van der Waals surface area contributed by atoms with E-state index < -0.39 is 0 Å². The predicted molar refractivity (Wildman–Crippen MR) is 40.0 cm³/mol. The molecule has 54 valence electrons. The van der Waals surface area contributed by atoms with Gasteiger partial charge in [0.1, 0.15) is 0 Å². The summed E-state index contributed by atoms with van der Waals surface area (Å²) in [6, 6.07) is 0. The normalized spacial score (nSPS) is 18.3. The maximum absolute atomic E-state index is 5.46. The SMILES string of the molecule is ClCCNCCN1CC1. The highest BCUT2D eigenvalue weighted by atomic mass is 35.5. The number of halogens is 1. The van der Waals surface area contributed by atoms with Gasteiger partial charge in [0, 0.05) is 38.6 Å². The van der Waals surface area contributed by atoms with E-state index in [-0.39, 0.29) is 0 Å². The molecule has 9 heavy (non-hydrogen) atoms. The third-order valence-electron chi connectivity index (χ3n) is 1.42. The quantitative estimate of drug-likeness (QED) is 0.339. The third-order valence-corrected chi connectivity index (χ3v) is 1.60. The third kappa shape index (κ3) is 3.73. The molecule has 0 bridgehead atoms. The maximum Gasteiger partial charge on any atom is 0.0348 e. The van der Waals surface area contributed by atoms with E-state index in [0.29, 0.717) is 0 Å². The molecule has 0 aromatic heterocycles. The first-order chi connectivity index (χ1) is 4.43. The van der Waals surface area contributed by atoms with Gasteiger partial charge in [0.2, 0.25) is 0 Å². The second kappa shape index (κ2) is 4.09. The smallest absolute Gasteiger partial charge is 0.0348 e. The number of hydrogen-bond donors (Lipinski definition) is 1. The van der Waals surface area contributed by atoms with Gasteiger partial charge in [0.25, 0.3) is 0 Å². The Hall–Kier alpha value is 0.210. The molecule has 0 aliphatic carbocycles. The molecular weight excluding hydrogens is 136 g/mol. The van der Waals surface area contributed by atoms with E-state index in [9.17, 15) is 0 Å². The molecule has 1 fully saturated rings. The fourth-order valence-corrected chi connectivity index (χ4v) is 0.857. The summed E-state index contributed by atoms with van der Waals surface area (Å²) in [6.07, 6.45) is 0. The first-order valence-electron chi connectivity index (χ1n) is 3.42. The lowest BCUT2D eigenvalue weighted by atomic mass is 10.6. The van der Waals surface area contributed by atoms with Crippen LogP contribution in [0.2, 0.25) is 0 Å². The van der Waals surface area contributed by atoms with Crippen LogP contribution in [0.5, 0.6) is 0 Å². The molecule has 0 amide bonds. The van der Waals surface area contributed by atoms with Crippen LogP contribution < -0.4 is 5.32 Å². The van der Waals surface area contributed by atoms with Crippen molar-refractivity contribution in [3.8, 4) is 0 Å². The van der Waals surface area contributed by atoms with Crippen LogP contribution >= 0.6 is 11.6 Å². The largest absolute Gasteiger partial charge is 0.314 e. The van der Waals surface area contributed by atoms with Gasteiger partial charge in [-0.1, -0.05) is 0 Å². The minimum Gasteiger partial charge on any atom is -0.314 e. The van der Waals surface area contributed by atoms with Gasteiger partial charge in [-0.05, 0) is 0 Å². The first kappa shape index (κ1) is 7.32. The van der Waals surface area contributed by atoms with Crippen LogP contribution in [0.3, 0.4) is 0 Å². The van der Waals surface area contributed by atoms with Gasteiger partial charge in [-0.2, -0.15) is 0 Å². The second-order valence-electron chi connectivity index (χ2n) is 2.28. The predicted octanol–water partition coefficient (Wildman–Crippen LogP) is 0.130. The fraction of sp³-hybridized carbons (Fsp3) is 1.00. The van der Waals surface area contributed by atoms with Crippen molar-refractivity contribution < 1.29 is 0 Å². The summed E-state index contributed by atoms with van der Waals surface area (Å²) in [4.78, 5) is 2.39. The first-order valence-corrected chi connectivity index (χ1v) is 3.96. The Balaban J connectivity index is 1.71. The van der Waals surface area contributed by atoms with Crippen molar-refractivity contribution in [1.82, 2.24) is 10.2 Å². The topological polar surface area (TPSA) is 15.0 Å². The van der Waals surface area contributed by atoms with Crippen molar-refractivity contribution in [3.63, 3.8) is 0 Å². The Morgan fingerprint density at radius 3 is 2.67 bits per heavy atom. The maximum atomic E-state index is 5.46. The van der Waals surface area contributed by atoms with Crippen LogP contribution in [0.1, 0.15) is 0 Å². The van der Waals surface area contributed by atoms with Gasteiger partial charge in [-0.15, -0.1) is 11.6 Å². The molecule has 0 radical (unpaired) electrons. The Morgan fingerprint density at radius 2 is 2.11 bits per heavy atom. The summed E-state index contributed by atoms with van der Waals surface area (Å²) in [7, 11) is 0. The molecule has 1 aliphatic heterocycles. The lowest BCUT2D eigenvalue weighted by Gasteiger charge is -2.00. The Kier molecular flexibility index (Phi) is 3.33. The van der Waals surface area contributed by atoms with E-state index in [2.05, 4.69) is 10.2 Å². The van der Waals surface area contributed by atoms with Crippen LogP contribution in [-0.2, 0) is 0 Å². The van der Waals surface area contributed by atoms with E-state index >= 15 is 0 Å². The molecule has 0 unspecified atom stereocenters. The van der Waals surface area contributed by atoms with Crippen molar-refractivity contribution in [2.24, 2.45) is 0 Å². The Morgan fingerprint density at radius 1 is 1.33 bits per heavy atom. The van der Waals surface area contributed by atoms with Crippen molar-refractivity contribution in [1.29, 1.82) is 0 Å². The Bertz CT molecular complexity index is 73.5. The molecule has 0 saturated carbocycles. The number of rotatable bonds is 5. The van der Waals surface area contributed by atoms with Crippen LogP contribution in [0.15, 0.2) is 0 Å². The number of nitrogens with one attached hydrogen (secondary N) is 1. The molecule has 2 nitrogen and oxygen atoms in total. The Labute approximate surface area is 61.2 Å². The van der Waals surface area contributed by atoms with Crippen molar-refractivity contribution >= 4 is 11.6 Å². The summed E-state index contributed by atoms with van der Waals surface area (Å²) < 4.78 is 0. The van der Waals surface area contributed by atoms with Gasteiger partial charge in [0.15, 0.2) is 0 Å². The molecule has 0 spiro atoms. The van der Waals surface area contributed by atoms with Crippen molar-refractivity contribution in [2.45, 2.75) is 0 Å². The minimum absolute atomic E-state index is 0.722. The number of alkyl halides is 1. The standard InChI is InChI=1S/C6H13ClN2/c7-1-2-8-3-4-9-5-6-9/h8H,1-6H2. The van der Waals surface area contributed by atoms with E-state index in [1.807, 2.05) is 0 Å². The molecular formula is C6H13ClN2. The average Bonchev–Trinajstić information content (AvgIpc) is 2.63. The van der Waals surface area contributed by atoms with E-state index in [1.165, 1.54) is 19.6 Å². The average molecular weight is 149 g/mol. The summed E-state index contributed by atoms with van der Waals surface area (Å²) in [6.45, 7) is 5.81. The molecule has 1 aliphatic rings. The van der Waals surface area contributed by atoms with E-state index in [0.717, 1.165) is 19.0 Å². The van der Waals surface area contributed by atoms with Crippen molar-refractivity contribution in [3.05, 3.63) is 0 Å². The second-order valence-corrected chi connectivity index (χ2v) is 2.66. The van der Waals surface area contributed by atoms with Crippen LogP contribution in [-0.4, -0.2) is 43.5 Å². The number of nitrogens with zero attached hydrogens (tertiary/aromatic N) is 1. The van der Waals surface area contributed by atoms with Crippen LogP contribution in [0.4, 0.5) is 0 Å². The van der Waals surface area contributed by atoms with Gasteiger partial charge < -0.3 is 5.32 Å². The summed E-state index contributed by atoms with van der Waals surface area (Å²) in [5.74, 6) is 0.722. The zero-order valence-corrected chi connectivity index (χ0v) is 6.32. The monoisotopic (exact) mass is 148 g/mol. The molecule has 1 rings (SSSR count). The summed E-state index contributed by atoms with van der Waals surface area (Å²) in [5, 5.41) is 3.23. The zero-order valence-electron chi connectivity index (χ0n) is 5.57. The summed E-state index contributed by atoms with van der Waals surface area (Å²) >= 11 is 5.46. The van der Waals surface area contributed by atoms with E-state index in [4.69, 9.17) is 11.6 Å². The lowest BCUT2D eigenvalue weighted by Crippen LogP contribution is -2.23. The van der Waals surface area contributed by atoms with Crippen molar-refractivity contribution in [2.75, 3.05) is 38.6 Å². The van der Waals surface area contributed by atoms with Gasteiger partial charge in [-0.25, -0.2) is 0 Å². The van der Waals surface area contributed by atoms with Gasteiger partial charge >= 0.3 is 0 Å². The van der Waals surface area contributed by atoms with Crippen LogP contribution in [0, 0.1) is 0 Å². The zero-order chi connectivity index (χ0) is 6.53. The molecule has 1 heterocycles. The number of hydrogen-bond acceptors (Lipinski definition) is 2. The molecule has 0 aromatic carbocycles. The highest BCUT2D eigenvalue weighted by Crippen LogP contribution is 1.99. The molecule has 3 heteroatoms.